The molecule has 1 fully saturated rings. The van der Waals surface area contributed by atoms with E-state index in [1.165, 1.54) is 5.69 Å². The summed E-state index contributed by atoms with van der Waals surface area (Å²) in [6.45, 7) is 6.52. The van der Waals surface area contributed by atoms with Gasteiger partial charge in [0.2, 0.25) is 0 Å². The second-order valence-corrected chi connectivity index (χ2v) is 6.69. The van der Waals surface area contributed by atoms with Crippen LogP contribution in [0.4, 0.5) is 0 Å². The quantitative estimate of drug-likeness (QED) is 0.706. The Morgan fingerprint density at radius 2 is 1.42 bits per heavy atom. The summed E-state index contributed by atoms with van der Waals surface area (Å²) in [5, 5.41) is 0. The van der Waals surface area contributed by atoms with Gasteiger partial charge in [-0.15, -0.1) is 0 Å². The van der Waals surface area contributed by atoms with Gasteiger partial charge in [-0.25, -0.2) is 0 Å². The van der Waals surface area contributed by atoms with Crippen LogP contribution >= 0.6 is 0 Å². The van der Waals surface area contributed by atoms with E-state index in [0.717, 1.165) is 56.3 Å². The number of ether oxygens (including phenoxy) is 3. The molecule has 0 unspecified atom stereocenters. The standard InChI is InChI=1S/C20H27N3O3/c1-24-18-13-20(26-3)19(25-2)12-16(18)14-22-8-10-23(11-9-22)15-17-6-4-5-7-21-17/h4-7,12-13H,8-11,14-15H2,1-3H3/p+2. The van der Waals surface area contributed by atoms with Gasteiger partial charge >= 0.3 is 0 Å². The van der Waals surface area contributed by atoms with E-state index in [2.05, 4.69) is 17.1 Å². The fourth-order valence-corrected chi connectivity index (χ4v) is 3.57. The van der Waals surface area contributed by atoms with Crippen molar-refractivity contribution in [2.45, 2.75) is 13.1 Å². The Balaban J connectivity index is 1.60. The molecule has 2 aromatic rings. The Labute approximate surface area is 155 Å². The molecule has 2 heterocycles. The Kier molecular flexibility index (Phi) is 6.30. The van der Waals surface area contributed by atoms with Gasteiger partial charge in [0.1, 0.15) is 45.0 Å². The highest BCUT2D eigenvalue weighted by Crippen LogP contribution is 2.34. The van der Waals surface area contributed by atoms with E-state index in [0.29, 0.717) is 5.75 Å². The number of nitrogens with zero attached hydrogens (tertiary/aromatic N) is 1. The fourth-order valence-electron chi connectivity index (χ4n) is 3.57. The summed E-state index contributed by atoms with van der Waals surface area (Å²) in [7, 11) is 5.02. The SMILES string of the molecule is COc1cc(OC)c(OC)cc1C[NH+]1CC[NH+](Cc2ccccn2)CC1. The van der Waals surface area contributed by atoms with E-state index in [4.69, 9.17) is 14.2 Å². The molecule has 0 bridgehead atoms. The highest BCUT2D eigenvalue weighted by Gasteiger charge is 2.25. The number of rotatable bonds is 7. The van der Waals surface area contributed by atoms with E-state index < -0.39 is 0 Å². The van der Waals surface area contributed by atoms with E-state index in [9.17, 15) is 0 Å². The Bertz CT molecular complexity index is 701. The lowest BCUT2D eigenvalue weighted by atomic mass is 10.1. The molecule has 1 aliphatic heterocycles. The topological polar surface area (TPSA) is 49.5 Å². The highest BCUT2D eigenvalue weighted by molar-refractivity contribution is 5.50. The molecule has 1 saturated heterocycles. The van der Waals surface area contributed by atoms with Crippen molar-refractivity contribution < 1.29 is 24.0 Å². The summed E-state index contributed by atoms with van der Waals surface area (Å²) in [5.41, 5.74) is 2.33. The molecular weight excluding hydrogens is 330 g/mol. The summed E-state index contributed by atoms with van der Waals surface area (Å²) in [4.78, 5) is 7.62. The van der Waals surface area contributed by atoms with Gasteiger partial charge in [0.25, 0.3) is 0 Å². The van der Waals surface area contributed by atoms with E-state index >= 15 is 0 Å². The van der Waals surface area contributed by atoms with Crippen LogP contribution in [0.3, 0.4) is 0 Å². The number of pyridine rings is 1. The molecule has 0 spiro atoms. The molecule has 1 aromatic carbocycles. The van der Waals surface area contributed by atoms with Gasteiger partial charge in [0.15, 0.2) is 11.5 Å². The average molecular weight is 359 g/mol. The van der Waals surface area contributed by atoms with Gasteiger partial charge in [-0.1, -0.05) is 6.07 Å². The van der Waals surface area contributed by atoms with Crippen molar-refractivity contribution in [3.05, 3.63) is 47.8 Å². The number of quaternary nitrogens is 2. The van der Waals surface area contributed by atoms with Crippen molar-refractivity contribution >= 4 is 0 Å². The Morgan fingerprint density at radius 3 is 2.00 bits per heavy atom. The van der Waals surface area contributed by atoms with Crippen LogP contribution in [0.15, 0.2) is 36.5 Å². The van der Waals surface area contributed by atoms with Crippen LogP contribution in [-0.2, 0) is 13.1 Å². The highest BCUT2D eigenvalue weighted by atomic mass is 16.5. The minimum Gasteiger partial charge on any atom is -0.496 e. The second-order valence-electron chi connectivity index (χ2n) is 6.69. The number of hydrogen-bond acceptors (Lipinski definition) is 4. The zero-order valence-electron chi connectivity index (χ0n) is 15.9. The van der Waals surface area contributed by atoms with E-state index in [1.807, 2.05) is 24.4 Å². The third-order valence-electron chi connectivity index (χ3n) is 5.05. The number of aromatic nitrogens is 1. The molecule has 3 rings (SSSR count). The maximum Gasteiger partial charge on any atom is 0.164 e. The first kappa shape index (κ1) is 18.5. The van der Waals surface area contributed by atoms with Crippen LogP contribution < -0.4 is 24.0 Å². The second kappa shape index (κ2) is 8.87. The molecule has 6 heteroatoms. The molecule has 140 valence electrons. The van der Waals surface area contributed by atoms with Crippen molar-refractivity contribution in [2.75, 3.05) is 47.5 Å². The number of methoxy groups -OCH3 is 3. The zero-order chi connectivity index (χ0) is 18.4. The fraction of sp³-hybridized carbons (Fsp3) is 0.450. The monoisotopic (exact) mass is 359 g/mol. The lowest BCUT2D eigenvalue weighted by Gasteiger charge is -2.30. The van der Waals surface area contributed by atoms with E-state index in [-0.39, 0.29) is 0 Å². The first-order chi connectivity index (χ1) is 12.7. The van der Waals surface area contributed by atoms with Crippen molar-refractivity contribution in [1.82, 2.24) is 4.98 Å². The van der Waals surface area contributed by atoms with Crippen LogP contribution in [-0.4, -0.2) is 52.5 Å². The summed E-state index contributed by atoms with van der Waals surface area (Å²) in [6, 6.07) is 10.1. The van der Waals surface area contributed by atoms with Crippen molar-refractivity contribution in [1.29, 1.82) is 0 Å². The van der Waals surface area contributed by atoms with Crippen LogP contribution in [0.5, 0.6) is 17.2 Å². The minimum atomic E-state index is 0.702. The zero-order valence-corrected chi connectivity index (χ0v) is 15.9. The predicted octanol–water partition coefficient (Wildman–Crippen LogP) is -0.409. The van der Waals surface area contributed by atoms with E-state index in [1.54, 1.807) is 31.1 Å². The van der Waals surface area contributed by atoms with Gasteiger partial charge in [-0.2, -0.15) is 0 Å². The number of nitrogens with one attached hydrogen (secondary N) is 2. The molecule has 6 nitrogen and oxygen atoms in total. The lowest BCUT2D eigenvalue weighted by molar-refractivity contribution is -1.02. The van der Waals surface area contributed by atoms with Gasteiger partial charge in [0.05, 0.1) is 32.6 Å². The Hall–Kier alpha value is -2.31. The van der Waals surface area contributed by atoms with Crippen LogP contribution in [0.2, 0.25) is 0 Å². The van der Waals surface area contributed by atoms with Gasteiger partial charge in [-0.05, 0) is 18.2 Å². The summed E-state index contributed by atoms with van der Waals surface area (Å²) >= 11 is 0. The summed E-state index contributed by atoms with van der Waals surface area (Å²) in [6.07, 6.45) is 1.87. The molecular formula is C20H29N3O3+2. The predicted molar refractivity (Wildman–Crippen MR) is 99.1 cm³/mol. The normalized spacial score (nSPS) is 19.8. The molecule has 1 aliphatic rings. The molecule has 2 N–H and O–H groups in total. The Morgan fingerprint density at radius 1 is 0.808 bits per heavy atom. The molecule has 0 aliphatic carbocycles. The average Bonchev–Trinajstić information content (AvgIpc) is 2.70. The first-order valence-electron chi connectivity index (χ1n) is 9.09. The smallest absolute Gasteiger partial charge is 0.164 e. The first-order valence-corrected chi connectivity index (χ1v) is 9.09. The maximum absolute atomic E-state index is 5.57. The van der Waals surface area contributed by atoms with Crippen molar-refractivity contribution in [2.24, 2.45) is 0 Å². The van der Waals surface area contributed by atoms with Crippen molar-refractivity contribution in [3.63, 3.8) is 0 Å². The third kappa shape index (κ3) is 4.45. The third-order valence-corrected chi connectivity index (χ3v) is 5.05. The van der Waals surface area contributed by atoms with Crippen LogP contribution in [0.1, 0.15) is 11.3 Å². The van der Waals surface area contributed by atoms with Gasteiger partial charge in [-0.3, -0.25) is 4.98 Å². The minimum absolute atomic E-state index is 0.702. The largest absolute Gasteiger partial charge is 0.496 e. The number of benzene rings is 1. The molecule has 0 amide bonds. The van der Waals surface area contributed by atoms with Crippen molar-refractivity contribution in [3.8, 4) is 17.2 Å². The van der Waals surface area contributed by atoms with Crippen LogP contribution in [0, 0.1) is 0 Å². The molecule has 1 aromatic heterocycles. The summed E-state index contributed by atoms with van der Waals surface area (Å²) < 4.78 is 16.4. The maximum atomic E-state index is 5.57. The molecule has 26 heavy (non-hydrogen) atoms. The van der Waals surface area contributed by atoms with Gasteiger partial charge in [0, 0.05) is 12.3 Å². The molecule has 0 radical (unpaired) electrons. The number of piperazine rings is 1. The lowest BCUT2D eigenvalue weighted by Crippen LogP contribution is -3.27. The summed E-state index contributed by atoms with van der Waals surface area (Å²) in [5.74, 6) is 2.31. The molecule has 0 saturated carbocycles. The molecule has 0 atom stereocenters. The van der Waals surface area contributed by atoms with Crippen LogP contribution in [0.25, 0.3) is 0 Å². The van der Waals surface area contributed by atoms with Gasteiger partial charge < -0.3 is 24.0 Å². The number of hydrogen-bond donors (Lipinski definition) is 2.